The molecule has 1 amide bonds. The molecule has 0 spiro atoms. The van der Waals surface area contributed by atoms with Crippen molar-refractivity contribution in [2.75, 3.05) is 6.61 Å². The van der Waals surface area contributed by atoms with Crippen molar-refractivity contribution in [3.05, 3.63) is 36.0 Å². The van der Waals surface area contributed by atoms with E-state index in [0.717, 1.165) is 10.9 Å². The lowest BCUT2D eigenvalue weighted by molar-refractivity contribution is 0.0366. The van der Waals surface area contributed by atoms with Crippen LogP contribution >= 0.6 is 0 Å². The summed E-state index contributed by atoms with van der Waals surface area (Å²) < 4.78 is 1.93. The second-order valence-corrected chi connectivity index (χ2v) is 3.54. The molecule has 1 aromatic carbocycles. The lowest BCUT2D eigenvalue weighted by atomic mass is 10.2. The monoisotopic (exact) mass is 218 g/mol. The van der Waals surface area contributed by atoms with Gasteiger partial charge in [-0.05, 0) is 13.0 Å². The Morgan fingerprint density at radius 1 is 1.44 bits per heavy atom. The van der Waals surface area contributed by atoms with E-state index in [1.165, 1.54) is 0 Å². The minimum atomic E-state index is -0.210. The van der Waals surface area contributed by atoms with Crippen molar-refractivity contribution in [1.29, 1.82) is 0 Å². The van der Waals surface area contributed by atoms with Gasteiger partial charge in [0, 0.05) is 24.1 Å². The summed E-state index contributed by atoms with van der Waals surface area (Å²) in [6, 6.07) is 7.77. The number of hydroxylamine groups is 1. The number of hydrogen-bond acceptors (Lipinski definition) is 2. The van der Waals surface area contributed by atoms with E-state index in [4.69, 9.17) is 4.84 Å². The van der Waals surface area contributed by atoms with E-state index in [0.29, 0.717) is 12.2 Å². The van der Waals surface area contributed by atoms with Gasteiger partial charge in [-0.2, -0.15) is 0 Å². The Bertz CT molecular complexity index is 517. The summed E-state index contributed by atoms with van der Waals surface area (Å²) in [5.74, 6) is -0.210. The van der Waals surface area contributed by atoms with Crippen LogP contribution in [0.3, 0.4) is 0 Å². The van der Waals surface area contributed by atoms with Crippen LogP contribution in [0.4, 0.5) is 0 Å². The number of hydrogen-bond donors (Lipinski definition) is 1. The summed E-state index contributed by atoms with van der Waals surface area (Å²) in [6.07, 6.45) is 1.80. The molecule has 2 aromatic rings. The molecule has 0 aliphatic carbocycles. The van der Waals surface area contributed by atoms with Crippen LogP contribution in [0.1, 0.15) is 17.3 Å². The van der Waals surface area contributed by atoms with Crippen LogP contribution in [0.25, 0.3) is 10.9 Å². The number of aryl methyl sites for hydroxylation is 1. The highest BCUT2D eigenvalue weighted by Gasteiger charge is 2.12. The predicted octanol–water partition coefficient (Wildman–Crippen LogP) is 1.86. The maximum Gasteiger partial charge on any atom is 0.277 e. The lowest BCUT2D eigenvalue weighted by Gasteiger charge is -2.01. The molecule has 1 heterocycles. The number of nitrogens with one attached hydrogen (secondary N) is 1. The molecule has 16 heavy (non-hydrogen) atoms. The highest BCUT2D eigenvalue weighted by atomic mass is 16.6. The van der Waals surface area contributed by atoms with E-state index in [2.05, 4.69) is 5.48 Å². The standard InChI is InChI=1S/C12H14N2O2/c1-3-16-13-12(15)10-8-14(2)11-7-5-4-6-9(10)11/h4-8H,3H2,1-2H3,(H,13,15). The van der Waals surface area contributed by atoms with E-state index in [9.17, 15) is 4.79 Å². The lowest BCUT2D eigenvalue weighted by Crippen LogP contribution is -2.23. The SMILES string of the molecule is CCONC(=O)c1cn(C)c2ccccc12. The normalized spacial score (nSPS) is 10.6. The molecule has 0 bridgehead atoms. The first-order valence-corrected chi connectivity index (χ1v) is 5.20. The Morgan fingerprint density at radius 2 is 2.19 bits per heavy atom. The van der Waals surface area contributed by atoms with Gasteiger partial charge in [0.25, 0.3) is 5.91 Å². The van der Waals surface area contributed by atoms with Crippen LogP contribution < -0.4 is 5.48 Å². The molecule has 0 atom stereocenters. The van der Waals surface area contributed by atoms with Gasteiger partial charge in [0.05, 0.1) is 12.2 Å². The molecule has 0 aliphatic rings. The zero-order valence-corrected chi connectivity index (χ0v) is 9.36. The average molecular weight is 218 g/mol. The van der Waals surface area contributed by atoms with Gasteiger partial charge in [-0.25, -0.2) is 5.48 Å². The molecule has 0 fully saturated rings. The molecule has 4 nitrogen and oxygen atoms in total. The fourth-order valence-corrected chi connectivity index (χ4v) is 1.72. The molecule has 1 N–H and O–H groups in total. The topological polar surface area (TPSA) is 43.3 Å². The van der Waals surface area contributed by atoms with E-state index in [1.54, 1.807) is 6.20 Å². The molecule has 4 heteroatoms. The molecule has 0 radical (unpaired) electrons. The Hall–Kier alpha value is -1.81. The number of amides is 1. The molecular weight excluding hydrogens is 204 g/mol. The Kier molecular flexibility index (Phi) is 2.92. The second kappa shape index (κ2) is 4.37. The van der Waals surface area contributed by atoms with Crippen molar-refractivity contribution in [1.82, 2.24) is 10.0 Å². The van der Waals surface area contributed by atoms with Gasteiger partial charge in [-0.1, -0.05) is 18.2 Å². The van der Waals surface area contributed by atoms with Gasteiger partial charge in [0.1, 0.15) is 0 Å². The Morgan fingerprint density at radius 3 is 2.94 bits per heavy atom. The summed E-state index contributed by atoms with van der Waals surface area (Å²) in [4.78, 5) is 16.7. The summed E-state index contributed by atoms with van der Waals surface area (Å²) in [6.45, 7) is 2.28. The number of fused-ring (bicyclic) bond motifs is 1. The van der Waals surface area contributed by atoms with Crippen LogP contribution in [0, 0.1) is 0 Å². The van der Waals surface area contributed by atoms with Crippen LogP contribution in [0.5, 0.6) is 0 Å². The van der Waals surface area contributed by atoms with Crippen LogP contribution in [-0.2, 0) is 11.9 Å². The molecule has 0 saturated heterocycles. The third kappa shape index (κ3) is 1.79. The fraction of sp³-hybridized carbons (Fsp3) is 0.250. The third-order valence-electron chi connectivity index (χ3n) is 2.45. The third-order valence-corrected chi connectivity index (χ3v) is 2.45. The highest BCUT2D eigenvalue weighted by Crippen LogP contribution is 2.19. The van der Waals surface area contributed by atoms with Crippen molar-refractivity contribution in [3.8, 4) is 0 Å². The van der Waals surface area contributed by atoms with Crippen molar-refractivity contribution in [3.63, 3.8) is 0 Å². The van der Waals surface area contributed by atoms with Crippen LogP contribution in [0.15, 0.2) is 30.5 Å². The number of aromatic nitrogens is 1. The van der Waals surface area contributed by atoms with Gasteiger partial charge in [0.15, 0.2) is 0 Å². The van der Waals surface area contributed by atoms with E-state index < -0.39 is 0 Å². The number of nitrogens with zero attached hydrogens (tertiary/aromatic N) is 1. The molecule has 2 rings (SSSR count). The first-order chi connectivity index (χ1) is 7.74. The number of carbonyl (C=O) groups excluding carboxylic acids is 1. The van der Waals surface area contributed by atoms with Crippen LogP contribution in [-0.4, -0.2) is 17.1 Å². The summed E-state index contributed by atoms with van der Waals surface area (Å²) in [7, 11) is 1.92. The van der Waals surface area contributed by atoms with E-state index in [-0.39, 0.29) is 5.91 Å². The molecular formula is C12H14N2O2. The molecule has 0 unspecified atom stereocenters. The summed E-state index contributed by atoms with van der Waals surface area (Å²) in [5.41, 5.74) is 4.06. The van der Waals surface area contributed by atoms with Crippen molar-refractivity contribution in [2.24, 2.45) is 7.05 Å². The number of carbonyl (C=O) groups is 1. The maximum absolute atomic E-state index is 11.8. The summed E-state index contributed by atoms with van der Waals surface area (Å²) >= 11 is 0. The highest BCUT2D eigenvalue weighted by molar-refractivity contribution is 6.06. The minimum Gasteiger partial charge on any atom is -0.350 e. The number of rotatable bonds is 3. The zero-order valence-electron chi connectivity index (χ0n) is 9.36. The maximum atomic E-state index is 11.8. The van der Waals surface area contributed by atoms with Gasteiger partial charge in [-0.15, -0.1) is 0 Å². The second-order valence-electron chi connectivity index (χ2n) is 3.54. The quantitative estimate of drug-likeness (QED) is 0.799. The van der Waals surface area contributed by atoms with E-state index in [1.807, 2.05) is 42.8 Å². The summed E-state index contributed by atoms with van der Waals surface area (Å²) in [5, 5.41) is 0.933. The molecule has 0 saturated carbocycles. The first-order valence-electron chi connectivity index (χ1n) is 5.20. The zero-order chi connectivity index (χ0) is 11.5. The van der Waals surface area contributed by atoms with Crippen LogP contribution in [0.2, 0.25) is 0 Å². The average Bonchev–Trinajstić information content (AvgIpc) is 2.65. The van der Waals surface area contributed by atoms with Crippen molar-refractivity contribution in [2.45, 2.75) is 6.92 Å². The van der Waals surface area contributed by atoms with Crippen molar-refractivity contribution >= 4 is 16.8 Å². The van der Waals surface area contributed by atoms with Gasteiger partial charge in [-0.3, -0.25) is 9.63 Å². The number of para-hydroxylation sites is 1. The largest absolute Gasteiger partial charge is 0.350 e. The van der Waals surface area contributed by atoms with Gasteiger partial charge in [0.2, 0.25) is 0 Å². The van der Waals surface area contributed by atoms with Gasteiger partial charge >= 0.3 is 0 Å². The van der Waals surface area contributed by atoms with E-state index >= 15 is 0 Å². The minimum absolute atomic E-state index is 0.210. The number of benzene rings is 1. The molecule has 1 aromatic heterocycles. The Balaban J connectivity index is 2.41. The Labute approximate surface area is 93.8 Å². The smallest absolute Gasteiger partial charge is 0.277 e. The first kappa shape index (κ1) is 10.7. The fourth-order valence-electron chi connectivity index (χ4n) is 1.72. The predicted molar refractivity (Wildman–Crippen MR) is 62.0 cm³/mol. The molecule has 84 valence electrons. The molecule has 0 aliphatic heterocycles. The van der Waals surface area contributed by atoms with Crippen molar-refractivity contribution < 1.29 is 9.63 Å². The van der Waals surface area contributed by atoms with Gasteiger partial charge < -0.3 is 4.57 Å².